The Hall–Kier alpha value is -1.88. The molecule has 1 aliphatic heterocycles. The first-order chi connectivity index (χ1) is 9.86. The minimum atomic E-state index is -1.04. The molecular weight excluding hydrogens is 271 g/mol. The van der Waals surface area contributed by atoms with Gasteiger partial charge in [-0.3, -0.25) is 0 Å². The molecule has 114 valence electrons. The van der Waals surface area contributed by atoms with Gasteiger partial charge in [-0.2, -0.15) is 0 Å². The van der Waals surface area contributed by atoms with E-state index in [1.165, 1.54) is 18.2 Å². The Balaban J connectivity index is 2.23. The second kappa shape index (κ2) is 6.26. The second-order valence-corrected chi connectivity index (χ2v) is 5.83. The summed E-state index contributed by atoms with van der Waals surface area (Å²) in [7, 11) is 4.11. The fraction of sp³-hybridized carbons (Fsp3) is 0.438. The molecule has 1 fully saturated rings. The van der Waals surface area contributed by atoms with Crippen molar-refractivity contribution in [2.45, 2.75) is 13.0 Å². The predicted octanol–water partition coefficient (Wildman–Crippen LogP) is 2.31. The number of halogens is 1. The van der Waals surface area contributed by atoms with Gasteiger partial charge >= 0.3 is 5.97 Å². The highest BCUT2D eigenvalue weighted by Gasteiger charge is 2.31. The van der Waals surface area contributed by atoms with Crippen molar-refractivity contribution >= 4 is 17.7 Å². The molecule has 21 heavy (non-hydrogen) atoms. The predicted molar refractivity (Wildman–Crippen MR) is 81.9 cm³/mol. The lowest BCUT2D eigenvalue weighted by Gasteiger charge is -2.23. The zero-order valence-electron chi connectivity index (χ0n) is 12.6. The van der Waals surface area contributed by atoms with Crippen molar-refractivity contribution in [2.75, 3.05) is 32.1 Å². The third-order valence-corrected chi connectivity index (χ3v) is 3.92. The van der Waals surface area contributed by atoms with E-state index in [-0.39, 0.29) is 5.82 Å². The van der Waals surface area contributed by atoms with Crippen LogP contribution in [0, 0.1) is 11.7 Å². The van der Waals surface area contributed by atoms with Gasteiger partial charge < -0.3 is 14.9 Å². The van der Waals surface area contributed by atoms with E-state index in [0.29, 0.717) is 17.5 Å². The highest BCUT2D eigenvalue weighted by molar-refractivity contribution is 5.85. The summed E-state index contributed by atoms with van der Waals surface area (Å²) in [6, 6.07) is 5.11. The van der Waals surface area contributed by atoms with Crippen LogP contribution < -0.4 is 4.90 Å². The van der Waals surface area contributed by atoms with E-state index in [4.69, 9.17) is 5.11 Å². The Morgan fingerprint density at radius 2 is 2.10 bits per heavy atom. The molecule has 0 bridgehead atoms. The number of likely N-dealkylation sites (N-methyl/N-ethyl adjacent to an activating group) is 1. The largest absolute Gasteiger partial charge is 0.478 e. The van der Waals surface area contributed by atoms with E-state index in [1.54, 1.807) is 0 Å². The van der Waals surface area contributed by atoms with Crippen LogP contribution in [0.25, 0.3) is 6.08 Å². The van der Waals surface area contributed by atoms with Gasteiger partial charge in [-0.25, -0.2) is 9.18 Å². The van der Waals surface area contributed by atoms with E-state index >= 15 is 0 Å². The van der Waals surface area contributed by atoms with Crippen LogP contribution in [-0.2, 0) is 4.79 Å². The molecule has 4 nitrogen and oxygen atoms in total. The molecule has 5 heteroatoms. The molecule has 2 unspecified atom stereocenters. The van der Waals surface area contributed by atoms with Gasteiger partial charge in [-0.1, -0.05) is 6.92 Å². The molecule has 0 amide bonds. The van der Waals surface area contributed by atoms with Gasteiger partial charge in [0.15, 0.2) is 0 Å². The Labute approximate surface area is 124 Å². The van der Waals surface area contributed by atoms with Gasteiger partial charge in [-0.05, 0) is 49.9 Å². The van der Waals surface area contributed by atoms with E-state index < -0.39 is 5.97 Å². The smallest absolute Gasteiger partial charge is 0.328 e. The number of nitrogens with zero attached hydrogens (tertiary/aromatic N) is 2. The van der Waals surface area contributed by atoms with Gasteiger partial charge in [0.05, 0.1) is 0 Å². The highest BCUT2D eigenvalue weighted by atomic mass is 19.1. The summed E-state index contributed by atoms with van der Waals surface area (Å²) in [6.07, 6.45) is 2.44. The second-order valence-electron chi connectivity index (χ2n) is 5.83. The Morgan fingerprint density at radius 1 is 1.38 bits per heavy atom. The average molecular weight is 292 g/mol. The number of aliphatic carboxylic acids is 1. The summed E-state index contributed by atoms with van der Waals surface area (Å²) in [5.74, 6) is -0.886. The van der Waals surface area contributed by atoms with E-state index in [9.17, 15) is 9.18 Å². The molecule has 1 aromatic carbocycles. The van der Waals surface area contributed by atoms with Gasteiger partial charge in [0.1, 0.15) is 5.82 Å². The fourth-order valence-electron chi connectivity index (χ4n) is 2.88. The molecule has 2 atom stereocenters. The summed E-state index contributed by atoms with van der Waals surface area (Å²) in [6.45, 7) is 3.91. The minimum absolute atomic E-state index is 0.349. The van der Waals surface area contributed by atoms with Crippen molar-refractivity contribution < 1.29 is 14.3 Å². The SMILES string of the molecule is CC1CN(c2cc(F)cc(/C=C/C(=O)O)c2)CC1N(C)C. The normalized spacial score (nSPS) is 22.4. The highest BCUT2D eigenvalue weighted by Crippen LogP contribution is 2.27. The van der Waals surface area contributed by atoms with Crippen LogP contribution in [0.5, 0.6) is 0 Å². The zero-order valence-corrected chi connectivity index (χ0v) is 12.6. The van der Waals surface area contributed by atoms with Crippen LogP contribution in [0.3, 0.4) is 0 Å². The standard InChI is InChI=1S/C16H21FN2O2/c1-11-9-19(10-15(11)18(2)3)14-7-12(4-5-16(20)21)6-13(17)8-14/h4-8,11,15H,9-10H2,1-3H3,(H,20,21)/b5-4+. The number of carboxylic acids is 1. The third-order valence-electron chi connectivity index (χ3n) is 3.92. The monoisotopic (exact) mass is 292 g/mol. The van der Waals surface area contributed by atoms with Crippen molar-refractivity contribution in [3.8, 4) is 0 Å². The summed E-state index contributed by atoms with van der Waals surface area (Å²) in [4.78, 5) is 14.9. The number of benzene rings is 1. The quantitative estimate of drug-likeness (QED) is 0.865. The summed E-state index contributed by atoms with van der Waals surface area (Å²) < 4.78 is 13.7. The molecule has 0 radical (unpaired) electrons. The first-order valence-corrected chi connectivity index (χ1v) is 7.00. The van der Waals surface area contributed by atoms with Gasteiger partial charge in [0.25, 0.3) is 0 Å². The number of carboxylic acid groups (broad SMARTS) is 1. The van der Waals surface area contributed by atoms with Crippen molar-refractivity contribution in [1.82, 2.24) is 4.90 Å². The van der Waals surface area contributed by atoms with Crippen molar-refractivity contribution in [3.05, 3.63) is 35.7 Å². The van der Waals surface area contributed by atoms with Crippen LogP contribution in [0.4, 0.5) is 10.1 Å². The van der Waals surface area contributed by atoms with Gasteiger partial charge in [-0.15, -0.1) is 0 Å². The lowest BCUT2D eigenvalue weighted by molar-refractivity contribution is -0.131. The molecule has 1 saturated heterocycles. The van der Waals surface area contributed by atoms with Crippen LogP contribution in [0.15, 0.2) is 24.3 Å². The van der Waals surface area contributed by atoms with Crippen LogP contribution in [0.2, 0.25) is 0 Å². The van der Waals surface area contributed by atoms with Gasteiger partial charge in [0.2, 0.25) is 0 Å². The lowest BCUT2D eigenvalue weighted by atomic mass is 10.1. The van der Waals surface area contributed by atoms with E-state index in [2.05, 4.69) is 30.8 Å². The fourth-order valence-corrected chi connectivity index (χ4v) is 2.88. The Bertz CT molecular complexity index is 557. The Kier molecular flexibility index (Phi) is 4.63. The molecule has 1 aromatic rings. The zero-order chi connectivity index (χ0) is 15.6. The molecule has 1 N–H and O–H groups in total. The number of anilines is 1. The summed E-state index contributed by atoms with van der Waals surface area (Å²) in [5.41, 5.74) is 1.37. The van der Waals surface area contributed by atoms with E-state index in [0.717, 1.165) is 24.9 Å². The molecule has 0 saturated carbocycles. The molecule has 1 heterocycles. The average Bonchev–Trinajstić information content (AvgIpc) is 2.78. The number of hydrogen-bond acceptors (Lipinski definition) is 3. The molecule has 0 spiro atoms. The molecule has 0 aromatic heterocycles. The number of hydrogen-bond donors (Lipinski definition) is 1. The molecule has 2 rings (SSSR count). The van der Waals surface area contributed by atoms with Crippen LogP contribution in [-0.4, -0.2) is 49.2 Å². The maximum atomic E-state index is 13.7. The van der Waals surface area contributed by atoms with Crippen molar-refractivity contribution in [2.24, 2.45) is 5.92 Å². The maximum Gasteiger partial charge on any atom is 0.328 e. The van der Waals surface area contributed by atoms with Crippen molar-refractivity contribution in [1.29, 1.82) is 0 Å². The topological polar surface area (TPSA) is 43.8 Å². The molecule has 1 aliphatic rings. The number of rotatable bonds is 4. The van der Waals surface area contributed by atoms with Crippen LogP contribution in [0.1, 0.15) is 12.5 Å². The summed E-state index contributed by atoms with van der Waals surface area (Å²) >= 11 is 0. The van der Waals surface area contributed by atoms with Gasteiger partial charge in [0, 0.05) is 30.9 Å². The van der Waals surface area contributed by atoms with Crippen LogP contribution >= 0.6 is 0 Å². The van der Waals surface area contributed by atoms with Crippen molar-refractivity contribution in [3.63, 3.8) is 0 Å². The Morgan fingerprint density at radius 3 is 2.67 bits per heavy atom. The minimum Gasteiger partial charge on any atom is -0.478 e. The molecular formula is C16H21FN2O2. The lowest BCUT2D eigenvalue weighted by Crippen LogP contribution is -2.34. The van der Waals surface area contributed by atoms with E-state index in [1.807, 2.05) is 6.07 Å². The first kappa shape index (κ1) is 15.5. The number of carbonyl (C=O) groups is 1. The first-order valence-electron chi connectivity index (χ1n) is 7.00. The third kappa shape index (κ3) is 3.82. The maximum absolute atomic E-state index is 13.7. The molecule has 0 aliphatic carbocycles. The summed E-state index contributed by atoms with van der Waals surface area (Å²) in [5, 5.41) is 8.66.